The number of hydrogen-bond acceptors (Lipinski definition) is 5. The second kappa shape index (κ2) is 10.7. The van der Waals surface area contributed by atoms with Crippen molar-refractivity contribution in [3.8, 4) is 11.3 Å². The van der Waals surface area contributed by atoms with E-state index in [1.807, 2.05) is 49.4 Å². The van der Waals surface area contributed by atoms with Crippen LogP contribution in [0.25, 0.3) is 11.3 Å². The third-order valence-electron chi connectivity index (χ3n) is 6.41. The van der Waals surface area contributed by atoms with E-state index in [1.165, 1.54) is 6.42 Å². The molecule has 0 radical (unpaired) electrons. The highest BCUT2D eigenvalue weighted by Gasteiger charge is 2.31. The average molecular weight is 482 g/mol. The van der Waals surface area contributed by atoms with Gasteiger partial charge in [-0.2, -0.15) is 4.31 Å². The summed E-state index contributed by atoms with van der Waals surface area (Å²) in [5.41, 5.74) is 3.52. The fraction of sp³-hybridized carbons (Fsp3) is 0.444. The molecular weight excluding hydrogens is 446 g/mol. The molecule has 3 aromatic rings. The van der Waals surface area contributed by atoms with E-state index in [9.17, 15) is 8.42 Å². The first-order chi connectivity index (χ1) is 16.4. The molecule has 0 N–H and O–H groups in total. The molecule has 4 rings (SSSR count). The highest BCUT2D eigenvalue weighted by Crippen LogP contribution is 2.35. The van der Waals surface area contributed by atoms with Crippen LogP contribution in [0.2, 0.25) is 0 Å². The number of piperidine rings is 1. The Balaban J connectivity index is 1.76. The third kappa shape index (κ3) is 5.53. The van der Waals surface area contributed by atoms with E-state index in [4.69, 9.17) is 4.52 Å². The SMILES string of the molecule is Cc1ccc(S(=O)(=O)N(CCC(C)C)Cc2c(-c3ccccc3)noc2N2CCCCC2)cc1. The average Bonchev–Trinajstić information content (AvgIpc) is 3.26. The second-order valence-electron chi connectivity index (χ2n) is 9.56. The highest BCUT2D eigenvalue weighted by atomic mass is 32.2. The lowest BCUT2D eigenvalue weighted by molar-refractivity contribution is 0.371. The Morgan fingerprint density at radius 3 is 2.32 bits per heavy atom. The molecule has 0 saturated carbocycles. The number of aryl methyl sites for hydroxylation is 1. The van der Waals surface area contributed by atoms with Crippen LogP contribution in [0.15, 0.2) is 64.0 Å². The van der Waals surface area contributed by atoms with Gasteiger partial charge in [-0.15, -0.1) is 0 Å². The number of nitrogens with zero attached hydrogens (tertiary/aromatic N) is 3. The van der Waals surface area contributed by atoms with E-state index in [1.54, 1.807) is 16.4 Å². The second-order valence-corrected chi connectivity index (χ2v) is 11.5. The van der Waals surface area contributed by atoms with E-state index in [0.717, 1.165) is 54.7 Å². The van der Waals surface area contributed by atoms with Gasteiger partial charge >= 0.3 is 0 Å². The molecule has 34 heavy (non-hydrogen) atoms. The van der Waals surface area contributed by atoms with Gasteiger partial charge in [0.05, 0.1) is 10.5 Å². The summed E-state index contributed by atoms with van der Waals surface area (Å²) in [5.74, 6) is 1.08. The van der Waals surface area contributed by atoms with E-state index in [0.29, 0.717) is 23.2 Å². The summed E-state index contributed by atoms with van der Waals surface area (Å²) in [7, 11) is -3.69. The highest BCUT2D eigenvalue weighted by molar-refractivity contribution is 7.89. The van der Waals surface area contributed by atoms with Gasteiger partial charge in [-0.05, 0) is 50.7 Å². The molecule has 1 saturated heterocycles. The molecule has 7 heteroatoms. The first-order valence-corrected chi connectivity index (χ1v) is 13.7. The van der Waals surface area contributed by atoms with Crippen LogP contribution >= 0.6 is 0 Å². The van der Waals surface area contributed by atoms with Crippen LogP contribution in [0, 0.1) is 12.8 Å². The smallest absolute Gasteiger partial charge is 0.243 e. The van der Waals surface area contributed by atoms with Crippen molar-refractivity contribution in [3.63, 3.8) is 0 Å². The van der Waals surface area contributed by atoms with E-state index >= 15 is 0 Å². The predicted molar refractivity (Wildman–Crippen MR) is 136 cm³/mol. The topological polar surface area (TPSA) is 66.7 Å². The number of benzene rings is 2. The Morgan fingerprint density at radius 1 is 1.00 bits per heavy atom. The zero-order valence-electron chi connectivity index (χ0n) is 20.4. The number of aromatic nitrogens is 1. The molecule has 0 atom stereocenters. The minimum absolute atomic E-state index is 0.225. The standard InChI is InChI=1S/C27H35N3O3S/c1-21(2)16-19-30(34(31,32)24-14-12-22(3)13-15-24)20-25-26(23-10-6-4-7-11-23)28-33-27(25)29-17-8-5-9-18-29/h4,6-7,10-15,21H,5,8-9,16-20H2,1-3H3. The van der Waals surface area contributed by atoms with E-state index in [2.05, 4.69) is 23.9 Å². The van der Waals surface area contributed by atoms with Crippen LogP contribution in [-0.4, -0.2) is 37.5 Å². The van der Waals surface area contributed by atoms with Gasteiger partial charge in [0.15, 0.2) is 0 Å². The molecule has 2 aromatic carbocycles. The van der Waals surface area contributed by atoms with Crippen LogP contribution in [0.3, 0.4) is 0 Å². The monoisotopic (exact) mass is 481 g/mol. The first kappa shape index (κ1) is 24.5. The van der Waals surface area contributed by atoms with E-state index < -0.39 is 10.0 Å². The van der Waals surface area contributed by atoms with Crippen molar-refractivity contribution < 1.29 is 12.9 Å². The fourth-order valence-corrected chi connectivity index (χ4v) is 5.76. The lowest BCUT2D eigenvalue weighted by atomic mass is 10.1. The van der Waals surface area contributed by atoms with Crippen molar-refractivity contribution in [1.29, 1.82) is 0 Å². The van der Waals surface area contributed by atoms with Gasteiger partial charge < -0.3 is 9.42 Å². The van der Waals surface area contributed by atoms with Gasteiger partial charge in [0, 0.05) is 31.7 Å². The van der Waals surface area contributed by atoms with Crippen LogP contribution in [0.5, 0.6) is 0 Å². The van der Waals surface area contributed by atoms with Crippen molar-refractivity contribution >= 4 is 15.9 Å². The first-order valence-electron chi connectivity index (χ1n) is 12.2. The van der Waals surface area contributed by atoms with Crippen molar-refractivity contribution in [2.45, 2.75) is 57.9 Å². The molecule has 0 bridgehead atoms. The Labute approximate surface area is 203 Å². The summed E-state index contributed by atoms with van der Waals surface area (Å²) >= 11 is 0. The van der Waals surface area contributed by atoms with E-state index in [-0.39, 0.29) is 6.54 Å². The molecule has 2 heterocycles. The fourth-order valence-electron chi connectivity index (χ4n) is 4.33. The van der Waals surface area contributed by atoms with Gasteiger partial charge in [0.1, 0.15) is 5.69 Å². The van der Waals surface area contributed by atoms with Gasteiger partial charge in [-0.3, -0.25) is 0 Å². The maximum atomic E-state index is 13.8. The lowest BCUT2D eigenvalue weighted by Gasteiger charge is -2.28. The van der Waals surface area contributed by atoms with Crippen LogP contribution in [0.4, 0.5) is 5.88 Å². The normalized spacial score (nSPS) is 14.8. The minimum Gasteiger partial charge on any atom is -0.340 e. The van der Waals surface area contributed by atoms with Gasteiger partial charge in [-0.25, -0.2) is 8.42 Å². The van der Waals surface area contributed by atoms with Crippen LogP contribution in [-0.2, 0) is 16.6 Å². The van der Waals surface area contributed by atoms with Crippen LogP contribution in [0.1, 0.15) is 50.7 Å². The molecule has 0 unspecified atom stereocenters. The summed E-state index contributed by atoms with van der Waals surface area (Å²) in [6.07, 6.45) is 4.17. The predicted octanol–water partition coefficient (Wildman–Crippen LogP) is 5.88. The van der Waals surface area contributed by atoms with Crippen molar-refractivity contribution in [2.75, 3.05) is 24.5 Å². The summed E-state index contributed by atoms with van der Waals surface area (Å²) < 4.78 is 35.1. The molecule has 6 nitrogen and oxygen atoms in total. The molecule has 1 fully saturated rings. The Bertz CT molecular complexity index is 1170. The van der Waals surface area contributed by atoms with Crippen molar-refractivity contribution in [1.82, 2.24) is 9.46 Å². The number of rotatable bonds is 9. The number of anilines is 1. The molecule has 1 aromatic heterocycles. The Morgan fingerprint density at radius 2 is 1.68 bits per heavy atom. The minimum atomic E-state index is -3.69. The maximum Gasteiger partial charge on any atom is 0.243 e. The zero-order chi connectivity index (χ0) is 24.1. The number of sulfonamides is 1. The number of hydrogen-bond donors (Lipinski definition) is 0. The molecule has 182 valence electrons. The van der Waals surface area contributed by atoms with Gasteiger partial charge in [-0.1, -0.05) is 67.0 Å². The summed E-state index contributed by atoms with van der Waals surface area (Å²) in [4.78, 5) is 2.54. The lowest BCUT2D eigenvalue weighted by Crippen LogP contribution is -2.34. The van der Waals surface area contributed by atoms with Gasteiger partial charge in [0.2, 0.25) is 15.9 Å². The molecule has 1 aliphatic rings. The molecule has 1 aliphatic heterocycles. The maximum absolute atomic E-state index is 13.8. The summed E-state index contributed by atoms with van der Waals surface area (Å²) in [5, 5.41) is 4.44. The van der Waals surface area contributed by atoms with Gasteiger partial charge in [0.25, 0.3) is 0 Å². The zero-order valence-corrected chi connectivity index (χ0v) is 21.2. The van der Waals surface area contributed by atoms with Crippen molar-refractivity contribution in [3.05, 3.63) is 65.7 Å². The van der Waals surface area contributed by atoms with Crippen LogP contribution < -0.4 is 4.90 Å². The third-order valence-corrected chi connectivity index (χ3v) is 8.27. The molecule has 0 aliphatic carbocycles. The largest absolute Gasteiger partial charge is 0.340 e. The quantitative estimate of drug-likeness (QED) is 0.382. The Hall–Kier alpha value is -2.64. The molecular formula is C27H35N3O3S. The van der Waals surface area contributed by atoms with Crippen molar-refractivity contribution in [2.24, 2.45) is 5.92 Å². The Kier molecular flexibility index (Phi) is 7.73. The molecule has 0 spiro atoms. The molecule has 0 amide bonds. The summed E-state index contributed by atoms with van der Waals surface area (Å²) in [6.45, 7) is 8.64. The summed E-state index contributed by atoms with van der Waals surface area (Å²) in [6, 6.07) is 17.0.